The van der Waals surface area contributed by atoms with Crippen LogP contribution in [0.3, 0.4) is 0 Å². The first-order valence-corrected chi connectivity index (χ1v) is 34.4. The Morgan fingerprint density at radius 3 is 1.28 bits per heavy atom. The number of aliphatic imine (C=N–C) groups is 2. The van der Waals surface area contributed by atoms with E-state index < -0.39 is 108 Å². The number of hydrogen-bond acceptors (Lipinski definition) is 16. The molecule has 0 aromatic rings. The lowest BCUT2D eigenvalue weighted by Crippen LogP contribution is -2.60. The summed E-state index contributed by atoms with van der Waals surface area (Å²) in [4.78, 5) is 143. The van der Waals surface area contributed by atoms with Crippen LogP contribution in [-0.4, -0.2) is 175 Å². The molecule has 0 fully saturated rings. The van der Waals surface area contributed by atoms with Crippen molar-refractivity contribution in [1.82, 2.24) is 47.9 Å². The van der Waals surface area contributed by atoms with Crippen LogP contribution in [0.1, 0.15) is 183 Å². The van der Waals surface area contributed by atoms with E-state index in [1.807, 2.05) is 6.92 Å². The summed E-state index contributed by atoms with van der Waals surface area (Å²) in [5, 5.41) is 34.1. The molecule has 0 rings (SSSR count). The van der Waals surface area contributed by atoms with Crippen LogP contribution in [0.4, 0.5) is 0 Å². The molecule has 0 saturated carbocycles. The van der Waals surface area contributed by atoms with Crippen LogP contribution in [0, 0.1) is 12.3 Å². The van der Waals surface area contributed by atoms with Crippen molar-refractivity contribution < 1.29 is 53.1 Å². The van der Waals surface area contributed by atoms with Gasteiger partial charge in [-0.15, -0.1) is 12.3 Å². The highest BCUT2D eigenvalue weighted by molar-refractivity contribution is 7.99. The minimum atomic E-state index is -1.73. The van der Waals surface area contributed by atoms with Crippen LogP contribution in [0.2, 0.25) is 0 Å². The van der Waals surface area contributed by atoms with Gasteiger partial charge in [0.1, 0.15) is 48.3 Å². The second-order valence-corrected chi connectivity index (χ2v) is 25.1. The largest absolute Gasteiger partial charge is 0.394 e. The molecule has 8 atom stereocenters. The summed E-state index contributed by atoms with van der Waals surface area (Å²) in [5.41, 5.74) is 44.7. The Hall–Kier alpha value is -8.01. The van der Waals surface area contributed by atoms with Crippen molar-refractivity contribution in [3.8, 4) is 12.3 Å². The quantitative estimate of drug-likeness (QED) is 0.0128. The molecule has 0 aromatic heterocycles. The normalized spacial score (nSPS) is 14.0. The Morgan fingerprint density at radius 2 is 0.865 bits per heavy atom. The minimum Gasteiger partial charge on any atom is -0.394 e. The highest BCUT2D eigenvalue weighted by Crippen LogP contribution is 2.16. The lowest BCUT2D eigenvalue weighted by molar-refractivity contribution is -0.136. The van der Waals surface area contributed by atoms with E-state index in [1.54, 1.807) is 0 Å². The zero-order valence-electron chi connectivity index (χ0n) is 57.9. The average molecular weight is 1370 g/mol. The second-order valence-electron chi connectivity index (χ2n) is 24.0. The van der Waals surface area contributed by atoms with Crippen LogP contribution in [0.5, 0.6) is 0 Å². The highest BCUT2D eigenvalue weighted by Gasteiger charge is 2.34. The van der Waals surface area contributed by atoms with E-state index in [4.69, 9.17) is 46.6 Å². The molecule has 10 amide bonds. The number of thioether (sulfide) groups is 1. The highest BCUT2D eigenvalue weighted by atomic mass is 32.2. The van der Waals surface area contributed by atoms with Gasteiger partial charge >= 0.3 is 0 Å². The molecule has 0 aliphatic rings. The topological polar surface area (TPSA) is 506 Å². The van der Waals surface area contributed by atoms with E-state index in [1.165, 1.54) is 42.3 Å². The number of nitrogens with two attached hydrogens (primary N) is 7. The van der Waals surface area contributed by atoms with E-state index >= 15 is 0 Å². The van der Waals surface area contributed by atoms with Gasteiger partial charge in [-0.3, -0.25) is 57.9 Å². The number of terminal acetylenes is 1. The fourth-order valence-corrected chi connectivity index (χ4v) is 10.3. The van der Waals surface area contributed by atoms with Crippen molar-refractivity contribution >= 4 is 82.8 Å². The van der Waals surface area contributed by atoms with E-state index in [0.29, 0.717) is 50.8 Å². The Balaban J connectivity index is 6.55. The number of aliphatic hydroxyl groups is 1. The van der Waals surface area contributed by atoms with Gasteiger partial charge in [-0.1, -0.05) is 46.6 Å². The third-order valence-electron chi connectivity index (χ3n) is 15.0. The van der Waals surface area contributed by atoms with Gasteiger partial charge < -0.3 is 93.1 Å². The van der Waals surface area contributed by atoms with Crippen molar-refractivity contribution in [1.29, 1.82) is 0 Å². The summed E-state index contributed by atoms with van der Waals surface area (Å²) in [6, 6.07) is -10.6. The molecular formula is C66H116N18O11S. The molecule has 0 bridgehead atoms. The molecule has 0 radical (unpaired) electrons. The molecule has 24 N–H and O–H groups in total. The molecule has 0 unspecified atom stereocenters. The number of nitrogens with zero attached hydrogens (tertiary/aromatic N) is 2. The summed E-state index contributed by atoms with van der Waals surface area (Å²) >= 11 is 1.38. The van der Waals surface area contributed by atoms with Gasteiger partial charge in [0.15, 0.2) is 11.9 Å². The van der Waals surface area contributed by atoms with E-state index in [0.717, 1.165) is 44.1 Å². The lowest BCUT2D eigenvalue weighted by Gasteiger charge is -2.27. The van der Waals surface area contributed by atoms with Gasteiger partial charge in [-0.2, -0.15) is 11.8 Å². The van der Waals surface area contributed by atoms with Gasteiger partial charge in [-0.05, 0) is 177 Å². The molecule has 0 aliphatic heterocycles. The average Bonchev–Trinajstić information content (AvgIpc) is 0.903. The van der Waals surface area contributed by atoms with Gasteiger partial charge in [0.2, 0.25) is 59.1 Å². The molecule has 0 heterocycles. The molecule has 96 heavy (non-hydrogen) atoms. The first kappa shape index (κ1) is 88.0. The number of carbonyl (C=O) groups is 10. The lowest BCUT2D eigenvalue weighted by atomic mass is 10.0. The monoisotopic (exact) mass is 1370 g/mol. The summed E-state index contributed by atoms with van der Waals surface area (Å²) in [5.74, 6) is -4.90. The number of carbonyl (C=O) groups excluding carboxylic acids is 10. The van der Waals surface area contributed by atoms with Crippen molar-refractivity contribution in [2.75, 3.05) is 50.8 Å². The van der Waals surface area contributed by atoms with E-state index in [2.05, 4.69) is 116 Å². The molecule has 29 nitrogen and oxygen atoms in total. The predicted molar refractivity (Wildman–Crippen MR) is 379 cm³/mol. The third-order valence-corrected chi connectivity index (χ3v) is 15.9. The number of unbranched alkanes of at least 4 members (excludes halogenated alkanes) is 3. The zero-order valence-corrected chi connectivity index (χ0v) is 58.7. The van der Waals surface area contributed by atoms with Gasteiger partial charge in [0.05, 0.1) is 6.61 Å². The number of hydrogen-bond donors (Lipinski definition) is 17. The number of rotatable bonds is 53. The van der Waals surface area contributed by atoms with Crippen LogP contribution < -0.4 is 88.0 Å². The standard InChI is InChI=1S/C66H116N18O11S/c1-9-10-33-56(87)78-49(30-13-16-37-74-48(8)86)59(90)77-47(7)58(89)79-50(28-11-14-35-67)60(91)80-51(29-12-15-36-68)62(93)83-54(41-85)64(95)82-52(31-20-38-75-65(70)71)61(92)81-53(32-21-39-76-66(72)73)63(94)84-55(57(69)88)42-96-40-34-46(6)27-19-26-45(5)25-18-24-44(4)23-17-22-43(2)3/h1,22,24,26,34,47,49-55,85H,10-21,23,25,27-33,35-42,67-68H2,2-8H3,(H2,69,88)(H,74,86)(H,77,90)(H,78,87)(H,79,89)(H,80,91)(H,81,92)(H,82,95)(H,83,93)(H,84,94)(H4,70,71,75)(H4,72,73,76)/b44-24+,45-26+,46-34+/t47-,49-,50-,51-,52-,53-,54-,55-/m0/s1. The van der Waals surface area contributed by atoms with Crippen molar-refractivity contribution in [3.63, 3.8) is 0 Å². The number of amides is 10. The third kappa shape index (κ3) is 43.9. The van der Waals surface area contributed by atoms with Crippen molar-refractivity contribution in [2.24, 2.45) is 50.1 Å². The molecular weight excluding hydrogens is 1250 g/mol. The first-order valence-electron chi connectivity index (χ1n) is 33.3. The van der Waals surface area contributed by atoms with Crippen LogP contribution >= 0.6 is 11.8 Å². The fourth-order valence-electron chi connectivity index (χ4n) is 9.33. The Labute approximate surface area is 572 Å². The van der Waals surface area contributed by atoms with Crippen molar-refractivity contribution in [3.05, 3.63) is 46.6 Å². The Morgan fingerprint density at radius 1 is 0.479 bits per heavy atom. The van der Waals surface area contributed by atoms with E-state index in [9.17, 15) is 53.1 Å². The Bertz CT molecular complexity index is 2670. The SMILES string of the molecule is C#CCCC(=O)N[C@@H](CCCCNC(C)=O)C(=O)N[C@@H](C)C(=O)N[C@@H](CCCCN)C(=O)N[C@@H](CCCCN)C(=O)N[C@@H](CO)C(=O)N[C@@H](CCCN=C(N)N)C(=O)N[C@@H](CCCN=C(N)N)C(=O)N[C@@H](CSC/C=C(\C)CC/C=C(\C)CC/C=C(\C)CCC=C(C)C)C(N)=O. The predicted octanol–water partition coefficient (Wildman–Crippen LogP) is 0.326. The maximum atomic E-state index is 14.3. The summed E-state index contributed by atoms with van der Waals surface area (Å²) in [6.45, 7) is 13.2. The molecule has 0 spiro atoms. The Kier molecular flexibility index (Phi) is 48.7. The fraction of sp³-hybridized carbons (Fsp3) is 0.667. The number of primary amides is 1. The second kappa shape index (κ2) is 53.2. The number of guanidine groups is 2. The first-order chi connectivity index (χ1) is 45.6. The van der Waals surface area contributed by atoms with Gasteiger partial charge in [0.25, 0.3) is 0 Å². The number of allylic oxidation sites excluding steroid dienone is 7. The minimum absolute atomic E-state index is 0.00618. The summed E-state index contributed by atoms with van der Waals surface area (Å²) in [6.07, 6.45) is 22.8. The van der Waals surface area contributed by atoms with E-state index in [-0.39, 0.29) is 108 Å². The summed E-state index contributed by atoms with van der Waals surface area (Å²) < 4.78 is 0. The van der Waals surface area contributed by atoms with Crippen molar-refractivity contribution in [2.45, 2.75) is 232 Å². The smallest absolute Gasteiger partial charge is 0.245 e. The summed E-state index contributed by atoms with van der Waals surface area (Å²) in [7, 11) is 0. The van der Waals surface area contributed by atoms with Gasteiger partial charge in [0, 0.05) is 50.9 Å². The molecule has 542 valence electrons. The molecule has 0 aromatic carbocycles. The molecule has 30 heteroatoms. The zero-order chi connectivity index (χ0) is 72.4. The molecule has 0 aliphatic carbocycles. The maximum absolute atomic E-state index is 14.3. The van der Waals surface area contributed by atoms with Gasteiger partial charge in [-0.25, -0.2) is 0 Å². The number of aliphatic hydroxyl groups excluding tert-OH is 1. The maximum Gasteiger partial charge on any atom is 0.245 e. The molecule has 0 saturated heterocycles. The number of nitrogens with one attached hydrogen (secondary N) is 9. The van der Waals surface area contributed by atoms with Crippen LogP contribution in [-0.2, 0) is 47.9 Å². The van der Waals surface area contributed by atoms with Crippen LogP contribution in [0.15, 0.2) is 56.6 Å². The van der Waals surface area contributed by atoms with Crippen LogP contribution in [0.25, 0.3) is 0 Å².